The molecule has 0 fully saturated rings. The van der Waals surface area contributed by atoms with Gasteiger partial charge in [0.15, 0.2) is 0 Å². The molecule has 0 radical (unpaired) electrons. The maximum atomic E-state index is 10.4. The van der Waals surface area contributed by atoms with Crippen molar-refractivity contribution in [2.24, 2.45) is 0 Å². The first-order chi connectivity index (χ1) is 16.3. The number of hydrogen-bond acceptors (Lipinski definition) is 1. The molecule has 0 heterocycles. The van der Waals surface area contributed by atoms with Crippen LogP contribution in [0.1, 0.15) is 142 Å². The van der Waals surface area contributed by atoms with Gasteiger partial charge >= 0.3 is 5.97 Å². The summed E-state index contributed by atoms with van der Waals surface area (Å²) < 4.78 is 0. The Balaban J connectivity index is 3.40. The highest BCUT2D eigenvalue weighted by molar-refractivity contribution is 5.66. The lowest BCUT2D eigenvalue weighted by atomic mass is 10.1. The van der Waals surface area contributed by atoms with Crippen LogP contribution < -0.4 is 0 Å². The van der Waals surface area contributed by atoms with E-state index in [0.717, 1.165) is 70.6 Å². The van der Waals surface area contributed by atoms with Gasteiger partial charge < -0.3 is 5.11 Å². The topological polar surface area (TPSA) is 37.3 Å². The lowest BCUT2D eigenvalue weighted by Gasteiger charge is -1.99. The third kappa shape index (κ3) is 29.7. The van der Waals surface area contributed by atoms with Crippen molar-refractivity contribution in [1.82, 2.24) is 0 Å². The quantitative estimate of drug-likeness (QED) is 0.159. The van der Waals surface area contributed by atoms with Gasteiger partial charge in [-0.15, -0.1) is 0 Å². The van der Waals surface area contributed by atoms with E-state index in [-0.39, 0.29) is 0 Å². The average Bonchev–Trinajstić information content (AvgIpc) is 2.80. The average molecular weight is 451 g/mol. The lowest BCUT2D eigenvalue weighted by molar-refractivity contribution is -0.137. The summed E-state index contributed by atoms with van der Waals surface area (Å²) in [6.07, 6.45) is 23.1. The Morgan fingerprint density at radius 2 is 0.788 bits per heavy atom. The van der Waals surface area contributed by atoms with Crippen LogP contribution in [-0.2, 0) is 4.79 Å². The summed E-state index contributed by atoms with van der Waals surface area (Å²) >= 11 is 0. The van der Waals surface area contributed by atoms with Gasteiger partial charge in [-0.3, -0.25) is 4.79 Å². The zero-order valence-corrected chi connectivity index (χ0v) is 21.2. The summed E-state index contributed by atoms with van der Waals surface area (Å²) in [7, 11) is 0. The van der Waals surface area contributed by atoms with Crippen molar-refractivity contribution in [1.29, 1.82) is 0 Å². The summed E-state index contributed by atoms with van der Waals surface area (Å²) in [4.78, 5) is 10.4. The number of rotatable bonds is 19. The molecule has 0 aromatic heterocycles. The number of carboxylic acids is 1. The molecular formula is C31H46O2. The van der Waals surface area contributed by atoms with E-state index in [1.165, 1.54) is 57.8 Å². The second-order valence-electron chi connectivity index (χ2n) is 8.65. The SMILES string of the molecule is CCCCCCCCC#CC#CCCCCCC#CC#CCCCCCCCCCC(=O)O. The normalized spacial score (nSPS) is 9.36. The molecular weight excluding hydrogens is 404 g/mol. The van der Waals surface area contributed by atoms with Crippen LogP contribution in [0, 0.1) is 47.4 Å². The minimum Gasteiger partial charge on any atom is -0.481 e. The van der Waals surface area contributed by atoms with Crippen LogP contribution in [0.5, 0.6) is 0 Å². The first-order valence-electron chi connectivity index (χ1n) is 13.4. The lowest BCUT2D eigenvalue weighted by Crippen LogP contribution is -1.93. The first-order valence-corrected chi connectivity index (χ1v) is 13.4. The minimum atomic E-state index is -0.683. The van der Waals surface area contributed by atoms with Gasteiger partial charge in [0.1, 0.15) is 0 Å². The highest BCUT2D eigenvalue weighted by atomic mass is 16.4. The highest BCUT2D eigenvalue weighted by Crippen LogP contribution is 2.09. The monoisotopic (exact) mass is 450 g/mol. The van der Waals surface area contributed by atoms with Crippen LogP contribution in [0.4, 0.5) is 0 Å². The zero-order chi connectivity index (χ0) is 24.1. The first kappa shape index (κ1) is 30.7. The molecule has 0 aliphatic carbocycles. The summed E-state index contributed by atoms with van der Waals surface area (Å²) in [5, 5.41) is 8.58. The van der Waals surface area contributed by atoms with Crippen LogP contribution in [-0.4, -0.2) is 11.1 Å². The maximum Gasteiger partial charge on any atom is 0.303 e. The Morgan fingerprint density at radius 1 is 0.485 bits per heavy atom. The molecule has 0 aliphatic rings. The molecule has 33 heavy (non-hydrogen) atoms. The summed E-state index contributed by atoms with van der Waals surface area (Å²) in [5.41, 5.74) is 0. The van der Waals surface area contributed by atoms with E-state index in [4.69, 9.17) is 5.11 Å². The van der Waals surface area contributed by atoms with Crippen LogP contribution in [0.2, 0.25) is 0 Å². The molecule has 0 atom stereocenters. The highest BCUT2D eigenvalue weighted by Gasteiger charge is 1.96. The molecule has 0 bridgehead atoms. The van der Waals surface area contributed by atoms with E-state index in [0.29, 0.717) is 6.42 Å². The van der Waals surface area contributed by atoms with E-state index in [2.05, 4.69) is 54.3 Å². The van der Waals surface area contributed by atoms with Gasteiger partial charge in [-0.2, -0.15) is 0 Å². The minimum absolute atomic E-state index is 0.306. The molecule has 0 rings (SSSR count). The Kier molecular flexibility index (Phi) is 25.8. The van der Waals surface area contributed by atoms with Gasteiger partial charge in [-0.05, 0) is 55.8 Å². The fourth-order valence-electron chi connectivity index (χ4n) is 3.40. The molecule has 0 aliphatic heterocycles. The Hall–Kier alpha value is -2.29. The van der Waals surface area contributed by atoms with Crippen LogP contribution in [0.15, 0.2) is 0 Å². The second-order valence-corrected chi connectivity index (χ2v) is 8.65. The summed E-state index contributed by atoms with van der Waals surface area (Å²) in [6.45, 7) is 2.25. The van der Waals surface area contributed by atoms with Crippen molar-refractivity contribution in [3.8, 4) is 47.4 Å². The van der Waals surface area contributed by atoms with Crippen LogP contribution in [0.25, 0.3) is 0 Å². The summed E-state index contributed by atoms with van der Waals surface area (Å²) in [5.74, 6) is 23.8. The molecule has 0 saturated heterocycles. The number of carboxylic acid groups (broad SMARTS) is 1. The third-order valence-corrected chi connectivity index (χ3v) is 5.43. The second kappa shape index (κ2) is 27.7. The smallest absolute Gasteiger partial charge is 0.303 e. The Bertz CT molecular complexity index is 703. The number of hydrogen-bond donors (Lipinski definition) is 1. The van der Waals surface area contributed by atoms with Crippen molar-refractivity contribution in [3.05, 3.63) is 0 Å². The van der Waals surface area contributed by atoms with Crippen molar-refractivity contribution < 1.29 is 9.90 Å². The van der Waals surface area contributed by atoms with Crippen molar-refractivity contribution in [2.45, 2.75) is 142 Å². The van der Waals surface area contributed by atoms with E-state index < -0.39 is 5.97 Å². The van der Waals surface area contributed by atoms with Crippen molar-refractivity contribution in [2.75, 3.05) is 0 Å². The van der Waals surface area contributed by atoms with Gasteiger partial charge in [0.25, 0.3) is 0 Å². The standard InChI is InChI=1S/C31H46O2/c1-2-3-4-5-6-7-8-9-10-11-12-13-14-15-16-17-18-19-20-21-22-23-24-25-26-27-28-29-30-31(32)33/h2-8,13-17,22-30H2,1H3,(H,32,33). The molecule has 0 aromatic carbocycles. The molecule has 182 valence electrons. The van der Waals surface area contributed by atoms with E-state index in [9.17, 15) is 4.79 Å². The van der Waals surface area contributed by atoms with Gasteiger partial charge in [0.05, 0.1) is 0 Å². The van der Waals surface area contributed by atoms with Crippen molar-refractivity contribution in [3.63, 3.8) is 0 Å². The van der Waals surface area contributed by atoms with E-state index in [1.54, 1.807) is 0 Å². The molecule has 0 unspecified atom stereocenters. The van der Waals surface area contributed by atoms with Gasteiger partial charge in [-0.1, -0.05) is 101 Å². The van der Waals surface area contributed by atoms with Crippen molar-refractivity contribution >= 4 is 5.97 Å². The summed E-state index contributed by atoms with van der Waals surface area (Å²) in [6, 6.07) is 0. The predicted octanol–water partition coefficient (Wildman–Crippen LogP) is 8.30. The fraction of sp³-hybridized carbons (Fsp3) is 0.710. The molecule has 2 nitrogen and oxygen atoms in total. The number of aliphatic carboxylic acids is 1. The molecule has 2 heteroatoms. The maximum absolute atomic E-state index is 10.4. The largest absolute Gasteiger partial charge is 0.481 e. The van der Waals surface area contributed by atoms with Gasteiger partial charge in [0, 0.05) is 32.1 Å². The number of carbonyl (C=O) groups is 1. The molecule has 0 aromatic rings. The van der Waals surface area contributed by atoms with Crippen LogP contribution >= 0.6 is 0 Å². The van der Waals surface area contributed by atoms with Gasteiger partial charge in [-0.25, -0.2) is 0 Å². The molecule has 0 amide bonds. The third-order valence-electron chi connectivity index (χ3n) is 5.43. The molecule has 1 N–H and O–H groups in total. The van der Waals surface area contributed by atoms with E-state index in [1.807, 2.05) is 0 Å². The zero-order valence-electron chi connectivity index (χ0n) is 21.2. The van der Waals surface area contributed by atoms with E-state index >= 15 is 0 Å². The number of unbranched alkanes of at least 4 members (excludes halogenated alkanes) is 17. The Morgan fingerprint density at radius 3 is 1.15 bits per heavy atom. The molecule has 0 saturated carbocycles. The molecule has 0 spiro atoms. The Labute approximate surface area is 205 Å². The van der Waals surface area contributed by atoms with Crippen LogP contribution in [0.3, 0.4) is 0 Å². The fourth-order valence-corrected chi connectivity index (χ4v) is 3.40. The van der Waals surface area contributed by atoms with Gasteiger partial charge in [0.2, 0.25) is 0 Å². The predicted molar refractivity (Wildman–Crippen MR) is 141 cm³/mol.